The lowest BCUT2D eigenvalue weighted by molar-refractivity contribution is 0.0605. The molecule has 2 rings (SSSR count). The molecule has 18 heavy (non-hydrogen) atoms. The molecule has 0 aromatic carbocycles. The van der Waals surface area contributed by atoms with E-state index in [2.05, 4.69) is 28.6 Å². The average molecular weight is 249 g/mol. The van der Waals surface area contributed by atoms with Crippen molar-refractivity contribution >= 4 is 0 Å². The summed E-state index contributed by atoms with van der Waals surface area (Å²) in [5, 5.41) is 10.1. The van der Waals surface area contributed by atoms with Crippen LogP contribution >= 0.6 is 0 Å². The summed E-state index contributed by atoms with van der Waals surface area (Å²) in [4.78, 5) is 8.99. The molecule has 1 aromatic rings. The van der Waals surface area contributed by atoms with Gasteiger partial charge in [-0.2, -0.15) is 0 Å². The van der Waals surface area contributed by atoms with Gasteiger partial charge in [0.05, 0.1) is 5.69 Å². The van der Waals surface area contributed by atoms with Gasteiger partial charge in [-0.3, -0.25) is 14.8 Å². The number of aliphatic hydroxyl groups excluding tert-OH is 1. The summed E-state index contributed by atoms with van der Waals surface area (Å²) in [5.74, 6) is 0. The molecular weight excluding hydrogens is 226 g/mol. The zero-order valence-corrected chi connectivity index (χ0v) is 11.3. The van der Waals surface area contributed by atoms with Gasteiger partial charge in [0.2, 0.25) is 0 Å². The number of nitrogens with zero attached hydrogens (tertiary/aromatic N) is 3. The number of hydrogen-bond donors (Lipinski definition) is 1. The molecule has 0 spiro atoms. The first kappa shape index (κ1) is 13.5. The monoisotopic (exact) mass is 249 g/mol. The Bertz CT molecular complexity index is 347. The second-order valence-corrected chi connectivity index (χ2v) is 5.20. The molecule has 1 aromatic heterocycles. The number of pyridine rings is 1. The van der Waals surface area contributed by atoms with E-state index in [0.717, 1.165) is 31.9 Å². The third-order valence-corrected chi connectivity index (χ3v) is 3.60. The van der Waals surface area contributed by atoms with Gasteiger partial charge in [-0.15, -0.1) is 0 Å². The smallest absolute Gasteiger partial charge is 0.109 e. The van der Waals surface area contributed by atoms with E-state index in [4.69, 9.17) is 0 Å². The van der Waals surface area contributed by atoms with E-state index >= 15 is 0 Å². The number of hydrogen-bond acceptors (Lipinski definition) is 4. The van der Waals surface area contributed by atoms with Crippen molar-refractivity contribution < 1.29 is 5.11 Å². The van der Waals surface area contributed by atoms with E-state index in [-0.39, 0.29) is 0 Å². The van der Waals surface area contributed by atoms with Crippen LogP contribution in [0.15, 0.2) is 24.4 Å². The second-order valence-electron chi connectivity index (χ2n) is 5.20. The fourth-order valence-electron chi connectivity index (χ4n) is 2.37. The van der Waals surface area contributed by atoms with Crippen molar-refractivity contribution in [1.82, 2.24) is 14.8 Å². The lowest BCUT2D eigenvalue weighted by Crippen LogP contribution is -2.49. The summed E-state index contributed by atoms with van der Waals surface area (Å²) < 4.78 is 0. The normalized spacial score (nSPS) is 20.2. The molecule has 0 aliphatic carbocycles. The van der Waals surface area contributed by atoms with E-state index in [1.54, 1.807) is 6.20 Å². The van der Waals surface area contributed by atoms with E-state index in [1.165, 1.54) is 0 Å². The van der Waals surface area contributed by atoms with Gasteiger partial charge in [-0.25, -0.2) is 0 Å². The first-order chi connectivity index (χ1) is 8.66. The van der Waals surface area contributed by atoms with Crippen LogP contribution in [0.5, 0.6) is 0 Å². The highest BCUT2D eigenvalue weighted by Gasteiger charge is 2.21. The molecule has 1 aliphatic heterocycles. The summed E-state index contributed by atoms with van der Waals surface area (Å²) in [6.45, 7) is 9.39. The zero-order chi connectivity index (χ0) is 13.0. The predicted octanol–water partition coefficient (Wildman–Crippen LogP) is 1.14. The standard InChI is InChI=1S/C14H23N3O/c1-12(2)17-9-7-16(8-10-17)11-14(18)13-5-3-4-6-15-13/h3-6,12,14,18H,7-11H2,1-2H3. The van der Waals surface area contributed by atoms with Crippen LogP contribution in [-0.4, -0.2) is 58.7 Å². The number of β-amino-alcohol motifs (C(OH)–C–C–N with tert-alkyl or cyclic N) is 1. The third-order valence-electron chi connectivity index (χ3n) is 3.60. The maximum Gasteiger partial charge on any atom is 0.109 e. The van der Waals surface area contributed by atoms with Gasteiger partial charge in [-0.05, 0) is 26.0 Å². The molecule has 1 unspecified atom stereocenters. The Morgan fingerprint density at radius 2 is 1.94 bits per heavy atom. The molecule has 1 aliphatic rings. The number of rotatable bonds is 4. The highest BCUT2D eigenvalue weighted by Crippen LogP contribution is 2.13. The summed E-state index contributed by atoms with van der Waals surface area (Å²) >= 11 is 0. The Hall–Kier alpha value is -0.970. The van der Waals surface area contributed by atoms with Crippen LogP contribution in [0, 0.1) is 0 Å². The van der Waals surface area contributed by atoms with Crippen LogP contribution in [0.1, 0.15) is 25.6 Å². The molecule has 0 saturated carbocycles. The lowest BCUT2D eigenvalue weighted by Gasteiger charge is -2.37. The zero-order valence-electron chi connectivity index (χ0n) is 11.3. The van der Waals surface area contributed by atoms with Crippen LogP contribution in [0.3, 0.4) is 0 Å². The van der Waals surface area contributed by atoms with Crippen molar-refractivity contribution in [2.75, 3.05) is 32.7 Å². The maximum atomic E-state index is 10.1. The summed E-state index contributed by atoms with van der Waals surface area (Å²) in [5.41, 5.74) is 0.767. The molecule has 1 atom stereocenters. The van der Waals surface area contributed by atoms with E-state index in [0.29, 0.717) is 12.6 Å². The van der Waals surface area contributed by atoms with E-state index in [1.807, 2.05) is 18.2 Å². The first-order valence-electron chi connectivity index (χ1n) is 6.72. The number of aromatic nitrogens is 1. The molecule has 0 radical (unpaired) electrons. The predicted molar refractivity (Wildman–Crippen MR) is 72.3 cm³/mol. The molecule has 100 valence electrons. The molecule has 1 fully saturated rings. The molecule has 4 heteroatoms. The number of piperazine rings is 1. The van der Waals surface area contributed by atoms with Crippen molar-refractivity contribution in [2.45, 2.75) is 26.0 Å². The molecule has 1 saturated heterocycles. The fourth-order valence-corrected chi connectivity index (χ4v) is 2.37. The van der Waals surface area contributed by atoms with Gasteiger partial charge >= 0.3 is 0 Å². The summed E-state index contributed by atoms with van der Waals surface area (Å²) in [6, 6.07) is 6.29. The summed E-state index contributed by atoms with van der Waals surface area (Å²) in [7, 11) is 0. The minimum atomic E-state index is -0.475. The topological polar surface area (TPSA) is 39.6 Å². The minimum absolute atomic E-state index is 0.475. The van der Waals surface area contributed by atoms with Gasteiger partial charge in [0, 0.05) is 45.0 Å². The minimum Gasteiger partial charge on any atom is -0.385 e. The van der Waals surface area contributed by atoms with Gasteiger partial charge < -0.3 is 5.11 Å². The highest BCUT2D eigenvalue weighted by molar-refractivity contribution is 5.07. The quantitative estimate of drug-likeness (QED) is 0.868. The molecule has 2 heterocycles. The van der Waals surface area contributed by atoms with Gasteiger partial charge in [0.15, 0.2) is 0 Å². The largest absolute Gasteiger partial charge is 0.385 e. The van der Waals surface area contributed by atoms with Crippen molar-refractivity contribution in [1.29, 1.82) is 0 Å². The Morgan fingerprint density at radius 1 is 1.22 bits per heavy atom. The molecular formula is C14H23N3O. The van der Waals surface area contributed by atoms with Crippen LogP contribution in [0.25, 0.3) is 0 Å². The Kier molecular flexibility index (Phi) is 4.69. The van der Waals surface area contributed by atoms with Crippen molar-refractivity contribution in [2.24, 2.45) is 0 Å². The molecule has 0 bridgehead atoms. The molecule has 0 amide bonds. The van der Waals surface area contributed by atoms with Gasteiger partial charge in [0.1, 0.15) is 6.10 Å². The van der Waals surface area contributed by atoms with Gasteiger partial charge in [-0.1, -0.05) is 6.07 Å². The average Bonchev–Trinajstić information content (AvgIpc) is 2.40. The van der Waals surface area contributed by atoms with Crippen molar-refractivity contribution in [3.05, 3.63) is 30.1 Å². The van der Waals surface area contributed by atoms with Crippen molar-refractivity contribution in [3.63, 3.8) is 0 Å². The highest BCUT2D eigenvalue weighted by atomic mass is 16.3. The van der Waals surface area contributed by atoms with Crippen LogP contribution in [0.4, 0.5) is 0 Å². The lowest BCUT2D eigenvalue weighted by atomic mass is 10.2. The fraction of sp³-hybridized carbons (Fsp3) is 0.643. The Balaban J connectivity index is 1.81. The van der Waals surface area contributed by atoms with Crippen LogP contribution in [-0.2, 0) is 0 Å². The first-order valence-corrected chi connectivity index (χ1v) is 6.72. The van der Waals surface area contributed by atoms with Crippen molar-refractivity contribution in [3.8, 4) is 0 Å². The SMILES string of the molecule is CC(C)N1CCN(CC(O)c2ccccn2)CC1. The van der Waals surface area contributed by atoms with E-state index < -0.39 is 6.10 Å². The maximum absolute atomic E-state index is 10.1. The molecule has 1 N–H and O–H groups in total. The van der Waals surface area contributed by atoms with Crippen LogP contribution < -0.4 is 0 Å². The molecule has 4 nitrogen and oxygen atoms in total. The van der Waals surface area contributed by atoms with E-state index in [9.17, 15) is 5.11 Å². The second kappa shape index (κ2) is 6.27. The van der Waals surface area contributed by atoms with Gasteiger partial charge in [0.25, 0.3) is 0 Å². The summed E-state index contributed by atoms with van der Waals surface area (Å²) in [6.07, 6.45) is 1.26. The Morgan fingerprint density at radius 3 is 2.50 bits per heavy atom. The third kappa shape index (κ3) is 3.51. The Labute approximate surface area is 109 Å². The van der Waals surface area contributed by atoms with Crippen LogP contribution in [0.2, 0.25) is 0 Å². The number of aliphatic hydroxyl groups is 1.